The molecule has 1 aliphatic heterocycles. The van der Waals surface area contributed by atoms with Crippen LogP contribution in [-0.2, 0) is 9.53 Å². The van der Waals surface area contributed by atoms with Gasteiger partial charge in [-0.2, -0.15) is 0 Å². The van der Waals surface area contributed by atoms with Gasteiger partial charge in [-0.05, 0) is 31.5 Å². The molecule has 2 aromatic carbocycles. The van der Waals surface area contributed by atoms with Gasteiger partial charge in [0.05, 0.1) is 12.1 Å². The highest BCUT2D eigenvalue weighted by Crippen LogP contribution is 2.24. The molecule has 0 N–H and O–H groups in total. The number of carbonyl (C=O) groups excluding carboxylic acids is 1. The molecule has 1 fully saturated rings. The Labute approximate surface area is 167 Å². The van der Waals surface area contributed by atoms with Crippen LogP contribution in [0.25, 0.3) is 0 Å². The molecule has 1 atom stereocenters. The molecule has 5 heteroatoms. The molecule has 28 heavy (non-hydrogen) atoms. The molecule has 3 rings (SSSR count). The van der Waals surface area contributed by atoms with Gasteiger partial charge in [0.25, 0.3) is 0 Å². The average Bonchev–Trinajstić information content (AvgIpc) is 2.74. The molecular formula is C23H30N2O3. The third kappa shape index (κ3) is 5.81. The second-order valence-electron chi connectivity index (χ2n) is 7.33. The van der Waals surface area contributed by atoms with Crippen LogP contribution >= 0.6 is 0 Å². The fourth-order valence-corrected chi connectivity index (χ4v) is 3.39. The molecule has 1 unspecified atom stereocenters. The molecule has 2 aromatic rings. The zero-order valence-corrected chi connectivity index (χ0v) is 16.8. The van der Waals surface area contributed by atoms with E-state index < -0.39 is 0 Å². The van der Waals surface area contributed by atoms with E-state index in [1.54, 1.807) is 0 Å². The molecule has 1 amide bonds. The van der Waals surface area contributed by atoms with Crippen LogP contribution in [0.1, 0.15) is 25.5 Å². The molecule has 0 bridgehead atoms. The zero-order chi connectivity index (χ0) is 19.8. The van der Waals surface area contributed by atoms with Crippen LogP contribution in [0.3, 0.4) is 0 Å². The Balaban J connectivity index is 1.61. The minimum absolute atomic E-state index is 0.0721. The summed E-state index contributed by atoms with van der Waals surface area (Å²) in [5, 5.41) is 0. The number of ether oxygens (including phenoxy) is 2. The van der Waals surface area contributed by atoms with Crippen molar-refractivity contribution in [3.8, 4) is 5.75 Å². The third-order valence-corrected chi connectivity index (χ3v) is 4.98. The fourth-order valence-electron chi connectivity index (χ4n) is 3.39. The first kappa shape index (κ1) is 20.4. The summed E-state index contributed by atoms with van der Waals surface area (Å²) in [6.07, 6.45) is 0.0721. The normalized spacial score (nSPS) is 16.2. The molecule has 0 aromatic heterocycles. The summed E-state index contributed by atoms with van der Waals surface area (Å²) in [5.74, 6) is 0.952. The number of carbonyl (C=O) groups is 1. The van der Waals surface area contributed by atoms with Gasteiger partial charge in [-0.25, -0.2) is 0 Å². The number of para-hydroxylation sites is 1. The van der Waals surface area contributed by atoms with Gasteiger partial charge in [-0.15, -0.1) is 0 Å². The molecule has 0 saturated carbocycles. The molecule has 1 heterocycles. The highest BCUT2D eigenvalue weighted by molar-refractivity contribution is 5.77. The number of hydrogen-bond donors (Lipinski definition) is 0. The van der Waals surface area contributed by atoms with Gasteiger partial charge in [0, 0.05) is 26.2 Å². The Kier molecular flexibility index (Phi) is 7.46. The highest BCUT2D eigenvalue weighted by Gasteiger charge is 2.27. The predicted molar refractivity (Wildman–Crippen MR) is 110 cm³/mol. The Morgan fingerprint density at radius 3 is 2.14 bits per heavy atom. The lowest BCUT2D eigenvalue weighted by Gasteiger charge is -2.39. The van der Waals surface area contributed by atoms with Gasteiger partial charge in [-0.3, -0.25) is 9.69 Å². The first-order chi connectivity index (χ1) is 13.6. The number of amides is 1. The van der Waals surface area contributed by atoms with E-state index in [0.29, 0.717) is 6.61 Å². The number of nitrogens with zero attached hydrogens (tertiary/aromatic N) is 2. The molecule has 5 nitrogen and oxygen atoms in total. The van der Waals surface area contributed by atoms with Crippen LogP contribution in [0.2, 0.25) is 0 Å². The van der Waals surface area contributed by atoms with E-state index in [-0.39, 0.29) is 24.7 Å². The smallest absolute Gasteiger partial charge is 0.248 e. The number of piperazine rings is 1. The summed E-state index contributed by atoms with van der Waals surface area (Å²) in [6, 6.07) is 20.5. The summed E-state index contributed by atoms with van der Waals surface area (Å²) in [5.41, 5.74) is 1.24. The maximum absolute atomic E-state index is 12.3. The van der Waals surface area contributed by atoms with Crippen LogP contribution < -0.4 is 4.74 Å². The zero-order valence-electron chi connectivity index (χ0n) is 16.8. The molecule has 0 radical (unpaired) electrons. The molecule has 1 saturated heterocycles. The summed E-state index contributed by atoms with van der Waals surface area (Å²) in [7, 11) is 0. The van der Waals surface area contributed by atoms with Crippen molar-refractivity contribution in [2.75, 3.05) is 39.4 Å². The Bertz CT molecular complexity index is 713. The summed E-state index contributed by atoms with van der Waals surface area (Å²) in [6.45, 7) is 7.72. The van der Waals surface area contributed by atoms with Crippen molar-refractivity contribution >= 4 is 5.91 Å². The van der Waals surface area contributed by atoms with Crippen LogP contribution in [0.4, 0.5) is 0 Å². The van der Waals surface area contributed by atoms with E-state index in [1.807, 2.05) is 55.1 Å². The highest BCUT2D eigenvalue weighted by atomic mass is 16.5. The molecule has 150 valence electrons. The van der Waals surface area contributed by atoms with E-state index in [0.717, 1.165) is 31.9 Å². The summed E-state index contributed by atoms with van der Waals surface area (Å²) < 4.78 is 11.5. The van der Waals surface area contributed by atoms with Crippen molar-refractivity contribution in [3.05, 3.63) is 66.2 Å². The van der Waals surface area contributed by atoms with E-state index in [2.05, 4.69) is 29.2 Å². The minimum atomic E-state index is 0.0721. The van der Waals surface area contributed by atoms with Crippen LogP contribution in [-0.4, -0.2) is 61.2 Å². The number of benzene rings is 2. The minimum Gasteiger partial charge on any atom is -0.492 e. The molecular weight excluding hydrogens is 352 g/mol. The Hall–Kier alpha value is -2.37. The fraction of sp³-hybridized carbons (Fsp3) is 0.435. The third-order valence-electron chi connectivity index (χ3n) is 4.98. The lowest BCUT2D eigenvalue weighted by atomic mass is 10.0. The van der Waals surface area contributed by atoms with Crippen molar-refractivity contribution < 1.29 is 14.3 Å². The monoisotopic (exact) mass is 382 g/mol. The maximum atomic E-state index is 12.3. The van der Waals surface area contributed by atoms with E-state index >= 15 is 0 Å². The van der Waals surface area contributed by atoms with Crippen LogP contribution in [0.5, 0.6) is 5.75 Å². The largest absolute Gasteiger partial charge is 0.492 e. The number of hydrogen-bond acceptors (Lipinski definition) is 4. The second-order valence-corrected chi connectivity index (χ2v) is 7.33. The van der Waals surface area contributed by atoms with Gasteiger partial charge in [0.15, 0.2) is 0 Å². The predicted octanol–water partition coefficient (Wildman–Crippen LogP) is 3.38. The molecule has 0 spiro atoms. The lowest BCUT2D eigenvalue weighted by Crippen LogP contribution is -2.51. The van der Waals surface area contributed by atoms with E-state index in [9.17, 15) is 4.79 Å². The van der Waals surface area contributed by atoms with Gasteiger partial charge in [-0.1, -0.05) is 48.5 Å². The SMILES string of the molecule is CC(C)OCC(=O)N1CCN(C(COc2ccccc2)c2ccccc2)CC1. The maximum Gasteiger partial charge on any atom is 0.248 e. The lowest BCUT2D eigenvalue weighted by molar-refractivity contribution is -0.139. The van der Waals surface area contributed by atoms with Crippen LogP contribution in [0.15, 0.2) is 60.7 Å². The Morgan fingerprint density at radius 1 is 0.929 bits per heavy atom. The quantitative estimate of drug-likeness (QED) is 0.702. The first-order valence-corrected chi connectivity index (χ1v) is 9.99. The van der Waals surface area contributed by atoms with Gasteiger partial charge in [0.2, 0.25) is 5.91 Å². The first-order valence-electron chi connectivity index (χ1n) is 9.99. The standard InChI is InChI=1S/C23H30N2O3/c1-19(2)27-18-23(26)25-15-13-24(14-16-25)22(20-9-5-3-6-10-20)17-28-21-11-7-4-8-12-21/h3-12,19,22H,13-18H2,1-2H3. The summed E-state index contributed by atoms with van der Waals surface area (Å²) >= 11 is 0. The van der Waals surface area contributed by atoms with E-state index in [1.165, 1.54) is 5.56 Å². The van der Waals surface area contributed by atoms with E-state index in [4.69, 9.17) is 9.47 Å². The molecule has 0 aliphatic carbocycles. The van der Waals surface area contributed by atoms with Gasteiger partial charge in [0.1, 0.15) is 19.0 Å². The van der Waals surface area contributed by atoms with Crippen molar-refractivity contribution in [2.24, 2.45) is 0 Å². The second kappa shape index (κ2) is 10.2. The number of rotatable bonds is 8. The topological polar surface area (TPSA) is 42.0 Å². The van der Waals surface area contributed by atoms with Gasteiger partial charge < -0.3 is 14.4 Å². The van der Waals surface area contributed by atoms with Crippen LogP contribution in [0, 0.1) is 0 Å². The van der Waals surface area contributed by atoms with Crippen molar-refractivity contribution in [2.45, 2.75) is 26.0 Å². The summed E-state index contributed by atoms with van der Waals surface area (Å²) in [4.78, 5) is 16.6. The van der Waals surface area contributed by atoms with Gasteiger partial charge >= 0.3 is 0 Å². The van der Waals surface area contributed by atoms with Crippen molar-refractivity contribution in [1.29, 1.82) is 0 Å². The molecule has 1 aliphatic rings. The average molecular weight is 383 g/mol. The van der Waals surface area contributed by atoms with Crippen molar-refractivity contribution in [3.63, 3.8) is 0 Å². The Morgan fingerprint density at radius 2 is 1.54 bits per heavy atom. The van der Waals surface area contributed by atoms with Crippen molar-refractivity contribution in [1.82, 2.24) is 9.80 Å².